The number of amides is 3. The molecule has 1 aliphatic heterocycles. The molecule has 1 fully saturated rings. The van der Waals surface area contributed by atoms with Crippen LogP contribution in [0.15, 0.2) is 36.4 Å². The number of nitrogens with zero attached hydrogens (tertiary/aromatic N) is 1. The maximum absolute atomic E-state index is 12.7. The first kappa shape index (κ1) is 23.2. The van der Waals surface area contributed by atoms with Crippen molar-refractivity contribution in [1.82, 2.24) is 5.32 Å². The largest absolute Gasteiger partial charge is 0.370 e. The van der Waals surface area contributed by atoms with Gasteiger partial charge in [-0.15, -0.1) is 11.3 Å². The second-order valence-electron chi connectivity index (χ2n) is 6.86. The summed E-state index contributed by atoms with van der Waals surface area (Å²) in [6.45, 7) is 0.882. The van der Waals surface area contributed by atoms with Crippen LogP contribution in [-0.4, -0.2) is 63.9 Å². The molecule has 1 aromatic carbocycles. The predicted octanol–water partition coefficient (Wildman–Crippen LogP) is 1.55. The SMILES string of the molecule is CS(=O)(=O)CC(NC(=O)c1ccc(Cl)s1)C(=O)Nc1ccc(N2CCOCC2=O)cc1. The lowest BCUT2D eigenvalue weighted by molar-refractivity contribution is -0.125. The van der Waals surface area contributed by atoms with Crippen LogP contribution in [-0.2, 0) is 24.2 Å². The number of carbonyl (C=O) groups is 3. The standard InChI is InChI=1S/C19H20ClN3O6S2/c1-31(27,28)11-14(22-19(26)15-6-7-16(20)30-15)18(25)21-12-2-4-13(5-3-12)23-8-9-29-10-17(23)24/h2-7,14H,8-11H2,1H3,(H,21,25)(H,22,26). The van der Waals surface area contributed by atoms with Crippen LogP contribution in [0.4, 0.5) is 11.4 Å². The van der Waals surface area contributed by atoms with Crippen molar-refractivity contribution in [1.29, 1.82) is 0 Å². The fourth-order valence-electron chi connectivity index (χ4n) is 2.90. The number of anilines is 2. The van der Waals surface area contributed by atoms with Gasteiger partial charge in [-0.25, -0.2) is 8.42 Å². The van der Waals surface area contributed by atoms with Gasteiger partial charge in [0.15, 0.2) is 0 Å². The number of carbonyl (C=O) groups excluding carboxylic acids is 3. The molecule has 1 saturated heterocycles. The van der Waals surface area contributed by atoms with Gasteiger partial charge < -0.3 is 20.3 Å². The third-order valence-corrected chi connectivity index (χ3v) is 6.49. The predicted molar refractivity (Wildman–Crippen MR) is 119 cm³/mol. The van der Waals surface area contributed by atoms with Crippen LogP contribution >= 0.6 is 22.9 Å². The van der Waals surface area contributed by atoms with Crippen molar-refractivity contribution < 1.29 is 27.5 Å². The molecule has 0 radical (unpaired) electrons. The fourth-order valence-corrected chi connectivity index (χ4v) is 4.68. The topological polar surface area (TPSA) is 122 Å². The average Bonchev–Trinajstić information content (AvgIpc) is 3.14. The summed E-state index contributed by atoms with van der Waals surface area (Å²) >= 11 is 6.85. The Morgan fingerprint density at radius 1 is 1.23 bits per heavy atom. The molecular weight excluding hydrogens is 466 g/mol. The first-order valence-corrected chi connectivity index (χ1v) is 12.4. The third-order valence-electron chi connectivity index (χ3n) is 4.32. The number of thiophene rings is 1. The van der Waals surface area contributed by atoms with Gasteiger partial charge in [-0.1, -0.05) is 11.6 Å². The molecule has 9 nitrogen and oxygen atoms in total. The number of ether oxygens (including phenoxy) is 1. The van der Waals surface area contributed by atoms with E-state index in [0.717, 1.165) is 17.6 Å². The van der Waals surface area contributed by atoms with E-state index < -0.39 is 33.4 Å². The van der Waals surface area contributed by atoms with Crippen LogP contribution in [0.5, 0.6) is 0 Å². The van der Waals surface area contributed by atoms with Gasteiger partial charge in [0.05, 0.1) is 21.6 Å². The van der Waals surface area contributed by atoms with E-state index in [9.17, 15) is 22.8 Å². The van der Waals surface area contributed by atoms with E-state index in [1.807, 2.05) is 0 Å². The molecule has 3 amide bonds. The molecule has 1 aliphatic rings. The molecule has 12 heteroatoms. The van der Waals surface area contributed by atoms with E-state index in [4.69, 9.17) is 16.3 Å². The highest BCUT2D eigenvalue weighted by Crippen LogP contribution is 2.22. The zero-order valence-electron chi connectivity index (χ0n) is 16.5. The van der Waals surface area contributed by atoms with Gasteiger partial charge in [-0.3, -0.25) is 14.4 Å². The van der Waals surface area contributed by atoms with E-state index in [2.05, 4.69) is 10.6 Å². The Kier molecular flexibility index (Phi) is 7.31. The lowest BCUT2D eigenvalue weighted by atomic mass is 10.2. The number of sulfone groups is 1. The first-order chi connectivity index (χ1) is 14.6. The summed E-state index contributed by atoms with van der Waals surface area (Å²) in [5, 5.41) is 5.05. The summed E-state index contributed by atoms with van der Waals surface area (Å²) in [6, 6.07) is 8.23. The van der Waals surface area contributed by atoms with E-state index in [1.54, 1.807) is 29.2 Å². The van der Waals surface area contributed by atoms with Gasteiger partial charge in [0.25, 0.3) is 11.8 Å². The summed E-state index contributed by atoms with van der Waals surface area (Å²) in [7, 11) is -3.56. The quantitative estimate of drug-likeness (QED) is 0.613. The molecule has 2 N–H and O–H groups in total. The van der Waals surface area contributed by atoms with Gasteiger partial charge in [0, 0.05) is 24.2 Å². The zero-order valence-corrected chi connectivity index (χ0v) is 18.8. The molecule has 0 aliphatic carbocycles. The van der Waals surface area contributed by atoms with Crippen molar-refractivity contribution in [3.05, 3.63) is 45.6 Å². The molecule has 166 valence electrons. The molecule has 1 aromatic heterocycles. The molecule has 3 rings (SSSR count). The Morgan fingerprint density at radius 2 is 1.94 bits per heavy atom. The molecule has 2 aromatic rings. The van der Waals surface area contributed by atoms with E-state index in [1.165, 1.54) is 12.1 Å². The molecule has 0 bridgehead atoms. The second kappa shape index (κ2) is 9.77. The van der Waals surface area contributed by atoms with E-state index in [-0.39, 0.29) is 17.4 Å². The highest BCUT2D eigenvalue weighted by Gasteiger charge is 2.26. The Balaban J connectivity index is 1.70. The number of hydrogen-bond donors (Lipinski definition) is 2. The minimum atomic E-state index is -3.56. The normalized spacial score (nSPS) is 15.4. The minimum absolute atomic E-state index is 0.0147. The Morgan fingerprint density at radius 3 is 2.52 bits per heavy atom. The number of halogens is 1. The van der Waals surface area contributed by atoms with Crippen LogP contribution in [0, 0.1) is 0 Å². The first-order valence-electron chi connectivity index (χ1n) is 9.15. The third kappa shape index (κ3) is 6.50. The Hall–Kier alpha value is -2.47. The highest BCUT2D eigenvalue weighted by molar-refractivity contribution is 7.90. The molecule has 0 spiro atoms. The van der Waals surface area contributed by atoms with Crippen molar-refractivity contribution in [2.24, 2.45) is 0 Å². The van der Waals surface area contributed by atoms with Crippen LogP contribution in [0.2, 0.25) is 4.34 Å². The zero-order chi connectivity index (χ0) is 22.6. The van der Waals surface area contributed by atoms with Crippen LogP contribution < -0.4 is 15.5 Å². The van der Waals surface area contributed by atoms with Gasteiger partial charge in [0.2, 0.25) is 5.91 Å². The number of benzene rings is 1. The van der Waals surface area contributed by atoms with E-state index in [0.29, 0.717) is 28.9 Å². The Bertz CT molecular complexity index is 1080. The van der Waals surface area contributed by atoms with E-state index >= 15 is 0 Å². The van der Waals surface area contributed by atoms with Crippen LogP contribution in [0.1, 0.15) is 9.67 Å². The summed E-state index contributed by atoms with van der Waals surface area (Å²) in [6.07, 6.45) is 0.982. The van der Waals surface area contributed by atoms with Crippen molar-refractivity contribution in [3.8, 4) is 0 Å². The van der Waals surface area contributed by atoms with Crippen LogP contribution in [0.3, 0.4) is 0 Å². The molecular formula is C19H20ClN3O6S2. The highest BCUT2D eigenvalue weighted by atomic mass is 35.5. The van der Waals surface area contributed by atoms with Crippen molar-refractivity contribution >= 4 is 61.9 Å². The molecule has 31 heavy (non-hydrogen) atoms. The van der Waals surface area contributed by atoms with Gasteiger partial charge >= 0.3 is 0 Å². The number of nitrogens with one attached hydrogen (secondary N) is 2. The lowest BCUT2D eigenvalue weighted by Gasteiger charge is -2.27. The molecule has 1 atom stereocenters. The Labute approximate surface area is 188 Å². The number of morpholine rings is 1. The lowest BCUT2D eigenvalue weighted by Crippen LogP contribution is -2.47. The van der Waals surface area contributed by atoms with Gasteiger partial charge in [-0.05, 0) is 36.4 Å². The monoisotopic (exact) mass is 485 g/mol. The second-order valence-corrected chi connectivity index (χ2v) is 10.8. The summed E-state index contributed by atoms with van der Waals surface area (Å²) in [5.41, 5.74) is 1.04. The average molecular weight is 486 g/mol. The number of rotatable bonds is 7. The number of hydrogen-bond acceptors (Lipinski definition) is 7. The summed E-state index contributed by atoms with van der Waals surface area (Å²) < 4.78 is 29.0. The molecule has 1 unspecified atom stereocenters. The summed E-state index contributed by atoms with van der Waals surface area (Å²) in [5.74, 6) is -2.00. The van der Waals surface area contributed by atoms with Crippen LogP contribution in [0.25, 0.3) is 0 Å². The minimum Gasteiger partial charge on any atom is -0.370 e. The summed E-state index contributed by atoms with van der Waals surface area (Å²) in [4.78, 5) is 38.9. The smallest absolute Gasteiger partial charge is 0.262 e. The molecule has 2 heterocycles. The van der Waals surface area contributed by atoms with Gasteiger partial charge in [-0.2, -0.15) is 0 Å². The van der Waals surface area contributed by atoms with Crippen molar-refractivity contribution in [2.75, 3.05) is 42.0 Å². The van der Waals surface area contributed by atoms with Crippen molar-refractivity contribution in [2.45, 2.75) is 6.04 Å². The fraction of sp³-hybridized carbons (Fsp3) is 0.316. The maximum Gasteiger partial charge on any atom is 0.262 e. The van der Waals surface area contributed by atoms with Gasteiger partial charge in [0.1, 0.15) is 22.5 Å². The maximum atomic E-state index is 12.7. The molecule has 0 saturated carbocycles. The van der Waals surface area contributed by atoms with Crippen molar-refractivity contribution in [3.63, 3.8) is 0 Å².